The molecule has 2 fully saturated rings. The molecular formula is C29H28N2O4Si. The maximum Gasteiger partial charge on any atom is 0.373 e. The minimum atomic E-state index is -2.95. The van der Waals surface area contributed by atoms with E-state index in [-0.39, 0.29) is 23.1 Å². The lowest BCUT2D eigenvalue weighted by molar-refractivity contribution is -0.582. The Morgan fingerprint density at radius 3 is 2.50 bits per heavy atom. The van der Waals surface area contributed by atoms with Gasteiger partial charge in [-0.15, -0.1) is 0 Å². The van der Waals surface area contributed by atoms with Gasteiger partial charge in [-0.1, -0.05) is 43.4 Å². The number of anilines is 1. The van der Waals surface area contributed by atoms with Gasteiger partial charge in [0.2, 0.25) is 0 Å². The summed E-state index contributed by atoms with van der Waals surface area (Å²) in [5, 5.41) is 13.5. The fourth-order valence-electron chi connectivity index (χ4n) is 4.75. The molecule has 2 aromatic carbocycles. The number of hydrogen-bond acceptors (Lipinski definition) is 5. The van der Waals surface area contributed by atoms with Crippen LogP contribution in [0.4, 0.5) is 5.69 Å². The van der Waals surface area contributed by atoms with Crippen LogP contribution in [0, 0.1) is 0 Å². The number of carbonyl (C=O) groups is 1. The molecule has 0 radical (unpaired) electrons. The van der Waals surface area contributed by atoms with Crippen LogP contribution >= 0.6 is 0 Å². The van der Waals surface area contributed by atoms with Gasteiger partial charge in [0.25, 0.3) is 0 Å². The SMILES string of the molecule is O=C=O.[2H]C1([2H])N(c2ccc3c(c2)[Si](C)(C)C2=CC(=[N+]4C([2H])([2H])C([2H])([2H])C4([2H])[2H])C=CC2=C3c2ccccc2C(=O)[O-])C([2H])([2H])C1([2H])[2H]. The summed E-state index contributed by atoms with van der Waals surface area (Å²) in [4.78, 5) is 29.2. The second-order valence-corrected chi connectivity index (χ2v) is 13.1. The molecule has 7 heteroatoms. The Kier molecular flexibility index (Phi) is 3.50. The van der Waals surface area contributed by atoms with Crippen LogP contribution in [0.5, 0.6) is 0 Å². The molecule has 182 valence electrons. The van der Waals surface area contributed by atoms with Gasteiger partial charge in [0, 0.05) is 47.4 Å². The van der Waals surface area contributed by atoms with E-state index in [0.29, 0.717) is 32.7 Å². The number of carbonyl (C=O) groups excluding carboxylic acids is 3. The molecule has 3 aliphatic heterocycles. The quantitative estimate of drug-likeness (QED) is 0.470. The van der Waals surface area contributed by atoms with E-state index in [1.54, 1.807) is 42.5 Å². The van der Waals surface area contributed by atoms with Crippen molar-refractivity contribution in [3.05, 3.63) is 88.2 Å². The minimum absolute atomic E-state index is 0.0789. The number of aromatic carboxylic acids is 1. The Balaban J connectivity index is 0.00000145. The average Bonchev–Trinajstić information content (AvgIpc) is 2.97. The number of carboxylic acids is 1. The number of fused-ring (bicyclic) bond motifs is 2. The van der Waals surface area contributed by atoms with E-state index in [2.05, 4.69) is 0 Å². The summed E-state index contributed by atoms with van der Waals surface area (Å²) < 4.78 is 99.6. The van der Waals surface area contributed by atoms with Crippen LogP contribution in [0.15, 0.2) is 71.5 Å². The fraction of sp³-hybridized carbons (Fsp3) is 0.276. The molecule has 0 saturated carbocycles. The highest BCUT2D eigenvalue weighted by molar-refractivity contribution is 6.98. The van der Waals surface area contributed by atoms with Crippen molar-refractivity contribution in [1.29, 1.82) is 0 Å². The van der Waals surface area contributed by atoms with E-state index in [4.69, 9.17) is 26.0 Å². The van der Waals surface area contributed by atoms with Gasteiger partial charge in [-0.2, -0.15) is 9.59 Å². The van der Waals surface area contributed by atoms with Crippen LogP contribution in [0.2, 0.25) is 13.1 Å². The van der Waals surface area contributed by atoms with E-state index in [1.165, 1.54) is 18.2 Å². The van der Waals surface area contributed by atoms with E-state index in [1.807, 2.05) is 13.1 Å². The van der Waals surface area contributed by atoms with Gasteiger partial charge in [-0.05, 0) is 57.2 Å². The lowest BCUT2D eigenvalue weighted by Gasteiger charge is -2.40. The van der Waals surface area contributed by atoms with E-state index in [0.717, 1.165) is 9.48 Å². The van der Waals surface area contributed by atoms with Crippen molar-refractivity contribution >= 4 is 42.4 Å². The van der Waals surface area contributed by atoms with Crippen LogP contribution in [0.1, 0.15) is 50.7 Å². The lowest BCUT2D eigenvalue weighted by Crippen LogP contribution is -2.50. The lowest BCUT2D eigenvalue weighted by atomic mass is 9.87. The number of benzene rings is 2. The number of carboxylic acid groups (broad SMARTS) is 1. The van der Waals surface area contributed by atoms with Crippen molar-refractivity contribution < 1.29 is 40.5 Å². The van der Waals surface area contributed by atoms with Gasteiger partial charge >= 0.3 is 6.15 Å². The largest absolute Gasteiger partial charge is 0.545 e. The molecule has 2 saturated heterocycles. The molecule has 6 rings (SSSR count). The normalized spacial score (nSPS) is 32.4. The highest BCUT2D eigenvalue weighted by atomic mass is 28.3. The molecule has 0 spiro atoms. The van der Waals surface area contributed by atoms with Crippen LogP contribution in [0.3, 0.4) is 0 Å². The molecule has 0 aromatic heterocycles. The predicted molar refractivity (Wildman–Crippen MR) is 139 cm³/mol. The zero-order valence-corrected chi connectivity index (χ0v) is 20.3. The van der Waals surface area contributed by atoms with Crippen molar-refractivity contribution in [2.45, 2.75) is 25.8 Å². The van der Waals surface area contributed by atoms with Crippen molar-refractivity contribution in [2.75, 3.05) is 30.9 Å². The van der Waals surface area contributed by atoms with Crippen molar-refractivity contribution in [3.63, 3.8) is 0 Å². The molecule has 0 unspecified atom stereocenters. The minimum Gasteiger partial charge on any atom is -0.545 e. The van der Waals surface area contributed by atoms with Gasteiger partial charge in [0.15, 0.2) is 5.71 Å². The van der Waals surface area contributed by atoms with Crippen molar-refractivity contribution in [2.24, 2.45) is 0 Å². The van der Waals surface area contributed by atoms with Gasteiger partial charge in [0.1, 0.15) is 26.6 Å². The summed E-state index contributed by atoms with van der Waals surface area (Å²) in [5.41, 5.74) is 2.03. The summed E-state index contributed by atoms with van der Waals surface area (Å²) in [6.45, 7) is -6.85. The third kappa shape index (κ3) is 3.90. The molecule has 4 aliphatic rings. The van der Waals surface area contributed by atoms with E-state index in [9.17, 15) is 9.90 Å². The first kappa shape index (κ1) is 13.5. The maximum atomic E-state index is 12.2. The second kappa shape index (κ2) is 9.34. The first-order valence-electron chi connectivity index (χ1n) is 17.0. The Bertz CT molecular complexity index is 1900. The standard InChI is InChI=1S/C28H28N2O2Si.CO2/c1-33(2)25-17-19(29-13-5-14-29)9-11-23(25)27(21-7-3-4-8-22(21)28(31)32)24-12-10-20(18-26(24)33)30-15-6-16-30;2-1-3/h3-4,7-12,17-18H,5-6,13-16H2,1-2H3;/i5D2,6D2,13D2,14D2,15D2,16D2;. The highest BCUT2D eigenvalue weighted by Crippen LogP contribution is 2.43. The molecule has 0 amide bonds. The maximum absolute atomic E-state index is 12.2. The summed E-state index contributed by atoms with van der Waals surface area (Å²) in [6.07, 6.45) is -0.672. The van der Waals surface area contributed by atoms with Crippen molar-refractivity contribution in [1.82, 2.24) is 0 Å². The second-order valence-electron chi connectivity index (χ2n) is 8.74. The number of nitrogens with zero attached hydrogens (tertiary/aromatic N) is 2. The fourth-order valence-corrected chi connectivity index (χ4v) is 7.83. The van der Waals surface area contributed by atoms with Crippen LogP contribution in [0.25, 0.3) is 5.57 Å². The van der Waals surface area contributed by atoms with Crippen molar-refractivity contribution in [3.8, 4) is 0 Å². The van der Waals surface area contributed by atoms with Gasteiger partial charge in [0.05, 0.1) is 12.3 Å². The summed E-state index contributed by atoms with van der Waals surface area (Å²) >= 11 is 0. The number of hydrogen-bond donors (Lipinski definition) is 0. The van der Waals surface area contributed by atoms with Gasteiger partial charge in [-0.25, -0.2) is 4.58 Å². The molecule has 0 atom stereocenters. The van der Waals surface area contributed by atoms with Crippen LogP contribution < -0.4 is 15.2 Å². The number of rotatable bonds is 3. The molecular weight excluding hydrogens is 468 g/mol. The van der Waals surface area contributed by atoms with E-state index >= 15 is 0 Å². The Labute approximate surface area is 228 Å². The average molecular weight is 509 g/mol. The summed E-state index contributed by atoms with van der Waals surface area (Å²) in [7, 11) is -2.95. The van der Waals surface area contributed by atoms with Crippen LogP contribution in [-0.4, -0.2) is 56.5 Å². The Hall–Kier alpha value is -3.80. The topological polar surface area (TPSA) is 80.5 Å². The Morgan fingerprint density at radius 2 is 1.78 bits per heavy atom. The van der Waals surface area contributed by atoms with Gasteiger partial charge in [-0.3, -0.25) is 0 Å². The number of allylic oxidation sites excluding steroid dienone is 5. The molecule has 0 bridgehead atoms. The third-order valence-corrected chi connectivity index (χ3v) is 10.0. The summed E-state index contributed by atoms with van der Waals surface area (Å²) in [5.74, 6) is -1.43. The molecule has 0 N–H and O–H groups in total. The monoisotopic (exact) mass is 508 g/mol. The first-order valence-corrected chi connectivity index (χ1v) is 14.0. The first-order chi connectivity index (χ1) is 21.9. The molecule has 6 nitrogen and oxygen atoms in total. The predicted octanol–water partition coefficient (Wildman–Crippen LogP) is 2.30. The highest BCUT2D eigenvalue weighted by Gasteiger charge is 2.41. The zero-order chi connectivity index (χ0) is 36.2. The smallest absolute Gasteiger partial charge is 0.373 e. The summed E-state index contributed by atoms with van der Waals surface area (Å²) in [6, 6.07) is 10.9. The third-order valence-electron chi connectivity index (χ3n) is 6.50. The van der Waals surface area contributed by atoms with E-state index < -0.39 is 52.8 Å². The molecule has 1 aliphatic carbocycles. The molecule has 3 heterocycles. The zero-order valence-electron chi connectivity index (χ0n) is 31.3. The molecule has 36 heavy (non-hydrogen) atoms. The molecule has 2 aromatic rings. The van der Waals surface area contributed by atoms with Gasteiger partial charge < -0.3 is 14.8 Å². The Morgan fingerprint density at radius 1 is 1.06 bits per heavy atom. The van der Waals surface area contributed by atoms with Crippen LogP contribution in [-0.2, 0) is 9.59 Å².